The number of nitrogens with one attached hydrogen (secondary N) is 1. The van der Waals surface area contributed by atoms with E-state index in [1.807, 2.05) is 0 Å². The molecule has 0 spiro atoms. The minimum Gasteiger partial charge on any atom is -0.348 e. The van der Waals surface area contributed by atoms with Crippen LogP contribution in [0.4, 0.5) is 18.9 Å². The number of carbonyl (C=O) groups excluding carboxylic acids is 2. The lowest BCUT2D eigenvalue weighted by Gasteiger charge is -2.26. The minimum absolute atomic E-state index is 0.0464. The fourth-order valence-corrected chi connectivity index (χ4v) is 4.73. The largest absolute Gasteiger partial charge is 0.348 e. The summed E-state index contributed by atoms with van der Waals surface area (Å²) in [6.07, 6.45) is 0. The fourth-order valence-electron chi connectivity index (χ4n) is 3.56. The Labute approximate surface area is 187 Å². The van der Waals surface area contributed by atoms with Gasteiger partial charge >= 0.3 is 0 Å². The van der Waals surface area contributed by atoms with Crippen LogP contribution in [0.3, 0.4) is 0 Å². The second kappa shape index (κ2) is 9.08. The Morgan fingerprint density at radius 3 is 2.47 bits per heavy atom. The number of halogens is 3. The molecular formula is C24H19F3N2O2S. The lowest BCUT2D eigenvalue weighted by Crippen LogP contribution is -2.29. The molecule has 0 aromatic heterocycles. The number of carbonyl (C=O) groups is 2. The lowest BCUT2D eigenvalue weighted by atomic mass is 10.1. The van der Waals surface area contributed by atoms with Gasteiger partial charge in [-0.1, -0.05) is 18.2 Å². The Kier molecular flexibility index (Phi) is 6.23. The zero-order valence-corrected chi connectivity index (χ0v) is 17.9. The summed E-state index contributed by atoms with van der Waals surface area (Å²) in [6.45, 7) is 1.85. The van der Waals surface area contributed by atoms with Crippen LogP contribution in [0, 0.1) is 24.4 Å². The van der Waals surface area contributed by atoms with Crippen LogP contribution in [0.5, 0.6) is 0 Å². The van der Waals surface area contributed by atoms with Gasteiger partial charge in [-0.25, -0.2) is 13.2 Å². The molecule has 1 aliphatic rings. The summed E-state index contributed by atoms with van der Waals surface area (Å²) < 4.78 is 39.7. The monoisotopic (exact) mass is 456 g/mol. The number of nitrogens with zero attached hydrogens (tertiary/aromatic N) is 1. The maximum Gasteiger partial charge on any atom is 0.251 e. The van der Waals surface area contributed by atoms with E-state index < -0.39 is 11.6 Å². The van der Waals surface area contributed by atoms with E-state index in [2.05, 4.69) is 5.32 Å². The summed E-state index contributed by atoms with van der Waals surface area (Å²) in [4.78, 5) is 26.8. The van der Waals surface area contributed by atoms with Crippen molar-refractivity contribution in [3.63, 3.8) is 0 Å². The van der Waals surface area contributed by atoms with Crippen molar-refractivity contribution in [1.82, 2.24) is 5.32 Å². The van der Waals surface area contributed by atoms with Gasteiger partial charge in [-0.2, -0.15) is 0 Å². The van der Waals surface area contributed by atoms with E-state index in [9.17, 15) is 22.8 Å². The van der Waals surface area contributed by atoms with Crippen LogP contribution in [0.15, 0.2) is 60.7 Å². The lowest BCUT2D eigenvalue weighted by molar-refractivity contribution is -0.115. The molecule has 4 nitrogen and oxygen atoms in total. The molecule has 1 saturated heterocycles. The first-order chi connectivity index (χ1) is 15.3. The van der Waals surface area contributed by atoms with E-state index in [4.69, 9.17) is 0 Å². The third kappa shape index (κ3) is 4.50. The van der Waals surface area contributed by atoms with Crippen LogP contribution < -0.4 is 10.2 Å². The minimum atomic E-state index is -0.971. The van der Waals surface area contributed by atoms with Crippen LogP contribution >= 0.6 is 11.8 Å². The Balaban J connectivity index is 1.51. The summed E-state index contributed by atoms with van der Waals surface area (Å²) in [6, 6.07) is 14.5. The van der Waals surface area contributed by atoms with Gasteiger partial charge < -0.3 is 5.32 Å². The van der Waals surface area contributed by atoms with Gasteiger partial charge in [-0.15, -0.1) is 11.8 Å². The highest BCUT2D eigenvalue weighted by atomic mass is 32.2. The van der Waals surface area contributed by atoms with Crippen molar-refractivity contribution in [1.29, 1.82) is 0 Å². The third-order valence-electron chi connectivity index (χ3n) is 5.18. The summed E-state index contributed by atoms with van der Waals surface area (Å²) in [5, 5.41) is 2.40. The van der Waals surface area contributed by atoms with Crippen molar-refractivity contribution in [2.45, 2.75) is 18.8 Å². The highest BCUT2D eigenvalue weighted by molar-refractivity contribution is 8.00. The summed E-state index contributed by atoms with van der Waals surface area (Å²) in [7, 11) is 0. The Hall–Kier alpha value is -3.26. The molecule has 8 heteroatoms. The van der Waals surface area contributed by atoms with Gasteiger partial charge in [0.2, 0.25) is 5.91 Å². The summed E-state index contributed by atoms with van der Waals surface area (Å²) in [5.74, 6) is -2.40. The van der Waals surface area contributed by atoms with Gasteiger partial charge in [-0.3, -0.25) is 14.5 Å². The number of thioether (sulfide) groups is 1. The number of aryl methyl sites for hydroxylation is 1. The molecule has 1 aliphatic heterocycles. The summed E-state index contributed by atoms with van der Waals surface area (Å²) in [5.41, 5.74) is 3.04. The van der Waals surface area contributed by atoms with E-state index in [0.29, 0.717) is 22.6 Å². The first-order valence-electron chi connectivity index (χ1n) is 9.85. The van der Waals surface area contributed by atoms with Crippen molar-refractivity contribution in [3.8, 4) is 0 Å². The molecule has 32 heavy (non-hydrogen) atoms. The average Bonchev–Trinajstić information content (AvgIpc) is 3.16. The van der Waals surface area contributed by atoms with E-state index in [-0.39, 0.29) is 29.6 Å². The summed E-state index contributed by atoms with van der Waals surface area (Å²) >= 11 is 1.46. The average molecular weight is 456 g/mol. The standard InChI is InChI=1S/C24H19F3N2O2S/c1-14-10-17(23(31)28-12-15-2-8-19(26)20(27)11-15)5-9-21(14)29-22(30)13-32-24(29)16-3-6-18(25)7-4-16/h2-11,24H,12-13H2,1H3,(H,28,31). The molecule has 3 aromatic carbocycles. The normalized spacial score (nSPS) is 15.8. The van der Waals surface area contributed by atoms with Crippen molar-refractivity contribution in [2.24, 2.45) is 0 Å². The van der Waals surface area contributed by atoms with Crippen molar-refractivity contribution in [3.05, 3.63) is 100 Å². The van der Waals surface area contributed by atoms with Crippen LogP contribution in [0.25, 0.3) is 0 Å². The van der Waals surface area contributed by atoms with Gasteiger partial charge in [0.15, 0.2) is 11.6 Å². The van der Waals surface area contributed by atoms with Crippen LogP contribution in [0.2, 0.25) is 0 Å². The number of hydrogen-bond acceptors (Lipinski definition) is 3. The van der Waals surface area contributed by atoms with E-state index in [0.717, 1.165) is 23.3 Å². The molecule has 1 atom stereocenters. The smallest absolute Gasteiger partial charge is 0.251 e. The zero-order valence-electron chi connectivity index (χ0n) is 17.1. The quantitative estimate of drug-likeness (QED) is 0.580. The zero-order chi connectivity index (χ0) is 22.8. The molecule has 0 bridgehead atoms. The molecule has 1 unspecified atom stereocenters. The first kappa shape index (κ1) is 22.0. The SMILES string of the molecule is Cc1cc(C(=O)NCc2ccc(F)c(F)c2)ccc1N1C(=O)CSC1c1ccc(F)cc1. The maximum absolute atomic E-state index is 13.3. The molecule has 1 N–H and O–H groups in total. The molecule has 0 saturated carbocycles. The van der Waals surface area contributed by atoms with Crippen LogP contribution in [0.1, 0.15) is 32.4 Å². The third-order valence-corrected chi connectivity index (χ3v) is 6.39. The van der Waals surface area contributed by atoms with Gasteiger partial charge in [0.1, 0.15) is 11.2 Å². The van der Waals surface area contributed by atoms with Crippen molar-refractivity contribution >= 4 is 29.3 Å². The van der Waals surface area contributed by atoms with Crippen LogP contribution in [-0.2, 0) is 11.3 Å². The van der Waals surface area contributed by atoms with Gasteiger partial charge in [0.25, 0.3) is 5.91 Å². The van der Waals surface area contributed by atoms with E-state index in [1.165, 1.54) is 30.0 Å². The molecule has 1 fully saturated rings. The number of benzene rings is 3. The number of hydrogen-bond donors (Lipinski definition) is 1. The number of amides is 2. The topological polar surface area (TPSA) is 49.4 Å². The van der Waals surface area contributed by atoms with Crippen LogP contribution in [-0.4, -0.2) is 17.6 Å². The predicted molar refractivity (Wildman–Crippen MR) is 118 cm³/mol. The van der Waals surface area contributed by atoms with Gasteiger partial charge in [0.05, 0.1) is 5.75 Å². The van der Waals surface area contributed by atoms with E-state index >= 15 is 0 Å². The van der Waals surface area contributed by atoms with Gasteiger partial charge in [-0.05, 0) is 66.1 Å². The first-order valence-corrected chi connectivity index (χ1v) is 10.9. The van der Waals surface area contributed by atoms with Crippen molar-refractivity contribution < 1.29 is 22.8 Å². The highest BCUT2D eigenvalue weighted by Gasteiger charge is 2.34. The molecule has 4 rings (SSSR count). The predicted octanol–water partition coefficient (Wildman–Crippen LogP) is 5.12. The molecule has 2 amide bonds. The van der Waals surface area contributed by atoms with E-state index in [1.54, 1.807) is 42.2 Å². The Morgan fingerprint density at radius 2 is 1.78 bits per heavy atom. The maximum atomic E-state index is 13.3. The Morgan fingerprint density at radius 1 is 1.03 bits per heavy atom. The fraction of sp³-hybridized carbons (Fsp3) is 0.167. The molecule has 164 valence electrons. The molecule has 0 aliphatic carbocycles. The second-order valence-electron chi connectivity index (χ2n) is 7.41. The molecule has 1 heterocycles. The second-order valence-corrected chi connectivity index (χ2v) is 8.48. The highest BCUT2D eigenvalue weighted by Crippen LogP contribution is 2.42. The molecule has 3 aromatic rings. The van der Waals surface area contributed by atoms with Gasteiger partial charge in [0, 0.05) is 17.8 Å². The number of anilines is 1. The molecular weight excluding hydrogens is 437 g/mol. The molecule has 0 radical (unpaired) electrons. The number of rotatable bonds is 5. The van der Waals surface area contributed by atoms with Crippen molar-refractivity contribution in [2.75, 3.05) is 10.7 Å². The Bertz CT molecular complexity index is 1180.